The molecule has 1 amide bonds. The fourth-order valence-corrected chi connectivity index (χ4v) is 2.43. The zero-order valence-electron chi connectivity index (χ0n) is 12.9. The molecule has 0 aromatic carbocycles. The van der Waals surface area contributed by atoms with Gasteiger partial charge >= 0.3 is 12.1 Å². The fraction of sp³-hybridized carbons (Fsp3) is 0.867. The van der Waals surface area contributed by atoms with Crippen LogP contribution in [-0.4, -0.2) is 24.4 Å². The zero-order valence-corrected chi connectivity index (χ0v) is 12.9. The number of hydrogen-bond donors (Lipinski definition) is 1. The predicted molar refractivity (Wildman–Crippen MR) is 76.1 cm³/mol. The number of hydrogen-bond acceptors (Lipinski definition) is 4. The van der Waals surface area contributed by atoms with Gasteiger partial charge in [-0.3, -0.25) is 4.79 Å². The lowest BCUT2D eigenvalue weighted by atomic mass is 9.89. The first-order chi connectivity index (χ1) is 9.43. The second kappa shape index (κ2) is 8.12. The number of amides is 1. The number of ether oxygens (including phenoxy) is 2. The van der Waals surface area contributed by atoms with Crippen LogP contribution in [0, 0.1) is 5.92 Å². The summed E-state index contributed by atoms with van der Waals surface area (Å²) < 4.78 is 10.3. The van der Waals surface area contributed by atoms with E-state index in [1.54, 1.807) is 13.8 Å². The minimum absolute atomic E-state index is 0.330. The van der Waals surface area contributed by atoms with Crippen molar-refractivity contribution in [1.29, 1.82) is 0 Å². The summed E-state index contributed by atoms with van der Waals surface area (Å²) in [5.41, 5.74) is 0. The molecule has 0 spiro atoms. The Hall–Kier alpha value is -1.26. The highest BCUT2D eigenvalue weighted by molar-refractivity contribution is 5.71. The van der Waals surface area contributed by atoms with Crippen molar-refractivity contribution >= 4 is 12.1 Å². The van der Waals surface area contributed by atoms with E-state index >= 15 is 0 Å². The van der Waals surface area contributed by atoms with Crippen molar-refractivity contribution in [2.75, 3.05) is 6.54 Å². The molecule has 116 valence electrons. The lowest BCUT2D eigenvalue weighted by Crippen LogP contribution is -2.39. The van der Waals surface area contributed by atoms with E-state index < -0.39 is 11.9 Å². The Labute approximate surface area is 121 Å². The summed E-state index contributed by atoms with van der Waals surface area (Å²) in [6.45, 7) is 5.67. The molecule has 0 atom stereocenters. The standard InChI is InChI=1S/C15H27NO4/c1-4-8-13(17)19-15(2,3)20-14(18)16-11-12-9-6-5-7-10-12/h12H,4-11H2,1-3H3,(H,16,18). The molecule has 0 aliphatic heterocycles. The van der Waals surface area contributed by atoms with Crippen LogP contribution in [0.4, 0.5) is 4.79 Å². The van der Waals surface area contributed by atoms with Gasteiger partial charge in [0.1, 0.15) is 0 Å². The first-order valence-corrected chi connectivity index (χ1v) is 7.61. The molecule has 5 heteroatoms. The van der Waals surface area contributed by atoms with Gasteiger partial charge in [0.25, 0.3) is 5.79 Å². The van der Waals surface area contributed by atoms with Crippen LogP contribution in [0.2, 0.25) is 0 Å². The highest BCUT2D eigenvalue weighted by atomic mass is 16.7. The number of rotatable bonds is 6. The summed E-state index contributed by atoms with van der Waals surface area (Å²) in [6, 6.07) is 0. The van der Waals surface area contributed by atoms with Crippen molar-refractivity contribution in [2.24, 2.45) is 5.92 Å². The first-order valence-electron chi connectivity index (χ1n) is 7.61. The number of carbonyl (C=O) groups is 2. The van der Waals surface area contributed by atoms with E-state index in [0.29, 0.717) is 25.3 Å². The highest BCUT2D eigenvalue weighted by Crippen LogP contribution is 2.23. The molecule has 0 heterocycles. The molecule has 0 radical (unpaired) electrons. The normalized spacial score (nSPS) is 16.6. The molecule has 1 aliphatic carbocycles. The van der Waals surface area contributed by atoms with E-state index in [1.807, 2.05) is 6.92 Å². The summed E-state index contributed by atoms with van der Waals surface area (Å²) >= 11 is 0. The van der Waals surface area contributed by atoms with Crippen LogP contribution in [0.5, 0.6) is 0 Å². The number of esters is 1. The second-order valence-corrected chi connectivity index (χ2v) is 5.90. The van der Waals surface area contributed by atoms with Crippen LogP contribution in [0.1, 0.15) is 65.7 Å². The van der Waals surface area contributed by atoms with Crippen molar-refractivity contribution in [1.82, 2.24) is 5.32 Å². The average molecular weight is 285 g/mol. The van der Waals surface area contributed by atoms with Gasteiger partial charge in [-0.2, -0.15) is 0 Å². The summed E-state index contributed by atoms with van der Waals surface area (Å²) in [5.74, 6) is -1.03. The van der Waals surface area contributed by atoms with Gasteiger partial charge in [-0.1, -0.05) is 26.2 Å². The van der Waals surface area contributed by atoms with Crippen molar-refractivity contribution < 1.29 is 19.1 Å². The van der Waals surface area contributed by atoms with Crippen LogP contribution in [0.25, 0.3) is 0 Å². The van der Waals surface area contributed by atoms with E-state index in [4.69, 9.17) is 9.47 Å². The van der Waals surface area contributed by atoms with E-state index in [1.165, 1.54) is 19.3 Å². The van der Waals surface area contributed by atoms with Crippen LogP contribution >= 0.6 is 0 Å². The van der Waals surface area contributed by atoms with E-state index in [9.17, 15) is 9.59 Å². The van der Waals surface area contributed by atoms with Gasteiger partial charge < -0.3 is 14.8 Å². The molecule has 20 heavy (non-hydrogen) atoms. The minimum atomic E-state index is -1.22. The maximum Gasteiger partial charge on any atom is 0.410 e. The molecule has 0 aromatic heterocycles. The molecular weight excluding hydrogens is 258 g/mol. The number of carbonyl (C=O) groups excluding carboxylic acids is 2. The molecular formula is C15H27NO4. The Morgan fingerprint density at radius 2 is 1.80 bits per heavy atom. The van der Waals surface area contributed by atoms with Gasteiger partial charge in [0.2, 0.25) is 0 Å². The SMILES string of the molecule is CCCC(=O)OC(C)(C)OC(=O)NCC1CCCCC1. The summed E-state index contributed by atoms with van der Waals surface area (Å²) in [5, 5.41) is 2.76. The topological polar surface area (TPSA) is 64.6 Å². The average Bonchev–Trinajstić information content (AvgIpc) is 2.36. The van der Waals surface area contributed by atoms with Crippen LogP contribution < -0.4 is 5.32 Å². The predicted octanol–water partition coefficient (Wildman–Crippen LogP) is 3.37. The Kier molecular flexibility index (Phi) is 6.82. The van der Waals surface area contributed by atoms with Crippen molar-refractivity contribution in [3.8, 4) is 0 Å². The molecule has 1 aliphatic rings. The van der Waals surface area contributed by atoms with Crippen molar-refractivity contribution in [3.63, 3.8) is 0 Å². The lowest BCUT2D eigenvalue weighted by molar-refractivity contribution is -0.194. The van der Waals surface area contributed by atoms with Gasteiger partial charge in [-0.15, -0.1) is 0 Å². The fourth-order valence-electron chi connectivity index (χ4n) is 2.43. The quantitative estimate of drug-likeness (QED) is 0.600. The summed E-state index contributed by atoms with van der Waals surface area (Å²) in [6.07, 6.45) is 6.61. The van der Waals surface area contributed by atoms with Crippen LogP contribution in [-0.2, 0) is 14.3 Å². The molecule has 1 rings (SSSR count). The van der Waals surface area contributed by atoms with Gasteiger partial charge in [0.05, 0.1) is 0 Å². The molecule has 1 N–H and O–H groups in total. The number of nitrogens with one attached hydrogen (secondary N) is 1. The van der Waals surface area contributed by atoms with Gasteiger partial charge in [0.15, 0.2) is 0 Å². The van der Waals surface area contributed by atoms with E-state index in [0.717, 1.165) is 12.8 Å². The van der Waals surface area contributed by atoms with Crippen molar-refractivity contribution in [3.05, 3.63) is 0 Å². The Morgan fingerprint density at radius 3 is 2.40 bits per heavy atom. The van der Waals surface area contributed by atoms with E-state index in [2.05, 4.69) is 5.32 Å². The molecule has 0 saturated heterocycles. The Balaban J connectivity index is 2.26. The van der Waals surface area contributed by atoms with Crippen LogP contribution in [0.3, 0.4) is 0 Å². The third-order valence-corrected chi connectivity index (χ3v) is 3.41. The first kappa shape index (κ1) is 16.8. The van der Waals surface area contributed by atoms with Gasteiger partial charge in [-0.05, 0) is 25.2 Å². The molecule has 0 bridgehead atoms. The smallest absolute Gasteiger partial charge is 0.410 e. The van der Waals surface area contributed by atoms with Gasteiger partial charge in [0, 0.05) is 26.8 Å². The van der Waals surface area contributed by atoms with Crippen molar-refractivity contribution in [2.45, 2.75) is 71.5 Å². The summed E-state index contributed by atoms with van der Waals surface area (Å²) in [4.78, 5) is 23.1. The zero-order chi connectivity index (χ0) is 15.0. The third-order valence-electron chi connectivity index (χ3n) is 3.41. The van der Waals surface area contributed by atoms with Crippen LogP contribution in [0.15, 0.2) is 0 Å². The maximum absolute atomic E-state index is 11.7. The molecule has 5 nitrogen and oxygen atoms in total. The lowest BCUT2D eigenvalue weighted by Gasteiger charge is -2.26. The van der Waals surface area contributed by atoms with E-state index in [-0.39, 0.29) is 5.97 Å². The number of alkyl carbamates (subject to hydrolysis) is 1. The minimum Gasteiger partial charge on any atom is -0.423 e. The third kappa shape index (κ3) is 6.78. The monoisotopic (exact) mass is 285 g/mol. The molecule has 0 unspecified atom stereocenters. The Bertz CT molecular complexity index is 322. The highest BCUT2D eigenvalue weighted by Gasteiger charge is 2.27. The molecule has 1 saturated carbocycles. The molecule has 0 aromatic rings. The maximum atomic E-state index is 11.7. The largest absolute Gasteiger partial charge is 0.423 e. The molecule has 1 fully saturated rings. The summed E-state index contributed by atoms with van der Waals surface area (Å²) in [7, 11) is 0. The Morgan fingerprint density at radius 1 is 1.15 bits per heavy atom. The second-order valence-electron chi connectivity index (χ2n) is 5.90. The van der Waals surface area contributed by atoms with Gasteiger partial charge in [-0.25, -0.2) is 4.79 Å².